The molecule has 0 bridgehead atoms. The van der Waals surface area contributed by atoms with Gasteiger partial charge in [0.15, 0.2) is 0 Å². The molecule has 0 aromatic heterocycles. The van der Waals surface area contributed by atoms with Crippen molar-refractivity contribution in [3.05, 3.63) is 33.9 Å². The zero-order valence-corrected chi connectivity index (χ0v) is 10.5. The summed E-state index contributed by atoms with van der Waals surface area (Å²) in [6.45, 7) is 0.920. The maximum Gasteiger partial charge on any atom is 0.276 e. The number of methoxy groups -OCH3 is 1. The summed E-state index contributed by atoms with van der Waals surface area (Å²) in [5, 5.41) is 10.9. The van der Waals surface area contributed by atoms with E-state index in [0.717, 1.165) is 18.5 Å². The molecule has 0 amide bonds. The van der Waals surface area contributed by atoms with E-state index in [1.165, 1.54) is 13.2 Å². The fourth-order valence-electron chi connectivity index (χ4n) is 1.64. The summed E-state index contributed by atoms with van der Waals surface area (Å²) in [6, 6.07) is 5.01. The summed E-state index contributed by atoms with van der Waals surface area (Å²) in [5.41, 5.74) is 0.903. The third kappa shape index (κ3) is 4.03. The first-order valence-electron chi connectivity index (χ1n) is 5.50. The molecule has 0 fully saturated rings. The molecule has 94 valence electrons. The van der Waals surface area contributed by atoms with Crippen LogP contribution in [0.3, 0.4) is 0 Å². The predicted octanol–water partition coefficient (Wildman–Crippen LogP) is 2.10. The Hall–Kier alpha value is -1.62. The molecule has 0 atom stereocenters. The van der Waals surface area contributed by atoms with E-state index in [9.17, 15) is 10.1 Å². The van der Waals surface area contributed by atoms with Crippen LogP contribution < -0.4 is 4.74 Å². The van der Waals surface area contributed by atoms with Crippen LogP contribution in [-0.2, 0) is 6.42 Å². The molecule has 1 aromatic rings. The highest BCUT2D eigenvalue weighted by Crippen LogP contribution is 2.25. The molecule has 0 aliphatic carbocycles. The predicted molar refractivity (Wildman–Crippen MR) is 66.5 cm³/mol. The van der Waals surface area contributed by atoms with Crippen molar-refractivity contribution < 1.29 is 9.66 Å². The van der Waals surface area contributed by atoms with Gasteiger partial charge in [-0.3, -0.25) is 10.1 Å². The molecular formula is C12H18N2O3. The van der Waals surface area contributed by atoms with Crippen LogP contribution in [0.15, 0.2) is 18.2 Å². The first-order valence-corrected chi connectivity index (χ1v) is 5.50. The number of ether oxygens (including phenoxy) is 1. The standard InChI is InChI=1S/C12H18N2O3/c1-13(2)8-4-5-10-6-7-11(17-3)9-12(10)14(15)16/h6-7,9H,4-5,8H2,1-3H3. The van der Waals surface area contributed by atoms with Gasteiger partial charge in [0.2, 0.25) is 0 Å². The SMILES string of the molecule is COc1ccc(CCCN(C)C)c([N+](=O)[O-])c1. The molecule has 0 aliphatic rings. The Morgan fingerprint density at radius 3 is 2.65 bits per heavy atom. The van der Waals surface area contributed by atoms with E-state index in [1.54, 1.807) is 12.1 Å². The lowest BCUT2D eigenvalue weighted by Gasteiger charge is -2.09. The molecule has 0 radical (unpaired) electrons. The lowest BCUT2D eigenvalue weighted by Crippen LogP contribution is -2.13. The van der Waals surface area contributed by atoms with E-state index in [1.807, 2.05) is 14.1 Å². The molecule has 0 aliphatic heterocycles. The molecule has 5 nitrogen and oxygen atoms in total. The smallest absolute Gasteiger partial charge is 0.276 e. The molecule has 0 spiro atoms. The molecular weight excluding hydrogens is 220 g/mol. The van der Waals surface area contributed by atoms with Crippen LogP contribution in [0.4, 0.5) is 5.69 Å². The molecule has 17 heavy (non-hydrogen) atoms. The summed E-state index contributed by atoms with van der Waals surface area (Å²) < 4.78 is 4.99. The van der Waals surface area contributed by atoms with Crippen LogP contribution in [0.25, 0.3) is 0 Å². The summed E-state index contributed by atoms with van der Waals surface area (Å²) >= 11 is 0. The second kappa shape index (κ2) is 6.20. The third-order valence-electron chi connectivity index (χ3n) is 2.54. The zero-order valence-electron chi connectivity index (χ0n) is 10.5. The lowest BCUT2D eigenvalue weighted by atomic mass is 10.1. The topological polar surface area (TPSA) is 55.6 Å². The minimum absolute atomic E-state index is 0.142. The molecule has 0 unspecified atom stereocenters. The van der Waals surface area contributed by atoms with E-state index in [2.05, 4.69) is 4.90 Å². The van der Waals surface area contributed by atoms with Gasteiger partial charge in [0, 0.05) is 5.56 Å². The van der Waals surface area contributed by atoms with Crippen LogP contribution in [0.1, 0.15) is 12.0 Å². The van der Waals surface area contributed by atoms with Crippen molar-refractivity contribution in [3.8, 4) is 5.75 Å². The average molecular weight is 238 g/mol. The van der Waals surface area contributed by atoms with Gasteiger partial charge < -0.3 is 9.64 Å². The number of aryl methyl sites for hydroxylation is 1. The van der Waals surface area contributed by atoms with Crippen molar-refractivity contribution in [1.29, 1.82) is 0 Å². The largest absolute Gasteiger partial charge is 0.497 e. The first-order chi connectivity index (χ1) is 8.04. The molecule has 0 heterocycles. The van der Waals surface area contributed by atoms with Gasteiger partial charge in [-0.15, -0.1) is 0 Å². The second-order valence-corrected chi connectivity index (χ2v) is 4.16. The first kappa shape index (κ1) is 13.4. The van der Waals surface area contributed by atoms with Crippen LogP contribution in [0.2, 0.25) is 0 Å². The fourth-order valence-corrected chi connectivity index (χ4v) is 1.64. The minimum Gasteiger partial charge on any atom is -0.497 e. The third-order valence-corrected chi connectivity index (χ3v) is 2.54. The van der Waals surface area contributed by atoms with Gasteiger partial charge >= 0.3 is 0 Å². The van der Waals surface area contributed by atoms with Gasteiger partial charge in [-0.1, -0.05) is 0 Å². The van der Waals surface area contributed by atoms with Gasteiger partial charge in [-0.05, 0) is 45.6 Å². The molecule has 5 heteroatoms. The van der Waals surface area contributed by atoms with E-state index in [4.69, 9.17) is 4.74 Å². The minimum atomic E-state index is -0.354. The number of hydrogen-bond acceptors (Lipinski definition) is 4. The zero-order chi connectivity index (χ0) is 12.8. The summed E-state index contributed by atoms with van der Waals surface area (Å²) in [6.07, 6.45) is 1.61. The molecule has 0 saturated heterocycles. The second-order valence-electron chi connectivity index (χ2n) is 4.16. The Morgan fingerprint density at radius 2 is 2.12 bits per heavy atom. The van der Waals surface area contributed by atoms with Crippen molar-refractivity contribution >= 4 is 5.69 Å². The van der Waals surface area contributed by atoms with E-state index >= 15 is 0 Å². The Balaban J connectivity index is 2.80. The highest BCUT2D eigenvalue weighted by atomic mass is 16.6. The normalized spacial score (nSPS) is 10.6. The van der Waals surface area contributed by atoms with Gasteiger partial charge in [0.05, 0.1) is 18.1 Å². The molecule has 1 aromatic carbocycles. The maximum atomic E-state index is 10.9. The van der Waals surface area contributed by atoms with Crippen molar-refractivity contribution in [2.24, 2.45) is 0 Å². The Labute approximate surface area is 101 Å². The number of hydrogen-bond donors (Lipinski definition) is 0. The van der Waals surface area contributed by atoms with Gasteiger partial charge in [-0.2, -0.15) is 0 Å². The molecule has 0 N–H and O–H groups in total. The van der Waals surface area contributed by atoms with Gasteiger partial charge in [0.25, 0.3) is 5.69 Å². The number of nitro groups is 1. The lowest BCUT2D eigenvalue weighted by molar-refractivity contribution is -0.385. The van der Waals surface area contributed by atoms with Crippen LogP contribution in [0.5, 0.6) is 5.75 Å². The highest BCUT2D eigenvalue weighted by molar-refractivity contribution is 5.46. The van der Waals surface area contributed by atoms with E-state index < -0.39 is 0 Å². The van der Waals surface area contributed by atoms with Crippen molar-refractivity contribution in [2.75, 3.05) is 27.7 Å². The summed E-state index contributed by atoms with van der Waals surface area (Å²) in [4.78, 5) is 12.6. The quantitative estimate of drug-likeness (QED) is 0.562. The average Bonchev–Trinajstić information content (AvgIpc) is 2.28. The van der Waals surface area contributed by atoms with Crippen molar-refractivity contribution in [3.63, 3.8) is 0 Å². The van der Waals surface area contributed by atoms with Crippen LogP contribution >= 0.6 is 0 Å². The van der Waals surface area contributed by atoms with Crippen molar-refractivity contribution in [2.45, 2.75) is 12.8 Å². The Bertz CT molecular complexity index is 391. The summed E-state index contributed by atoms with van der Waals surface area (Å²) in [5.74, 6) is 0.521. The summed E-state index contributed by atoms with van der Waals surface area (Å²) in [7, 11) is 5.48. The number of rotatable bonds is 6. The Kier molecular flexibility index (Phi) is 4.90. The molecule has 1 rings (SSSR count). The monoisotopic (exact) mass is 238 g/mol. The Morgan fingerprint density at radius 1 is 1.41 bits per heavy atom. The van der Waals surface area contributed by atoms with Crippen LogP contribution in [0, 0.1) is 10.1 Å². The van der Waals surface area contributed by atoms with Crippen molar-refractivity contribution in [1.82, 2.24) is 4.90 Å². The van der Waals surface area contributed by atoms with E-state index in [0.29, 0.717) is 12.2 Å². The molecule has 0 saturated carbocycles. The number of benzene rings is 1. The highest BCUT2D eigenvalue weighted by Gasteiger charge is 2.14. The fraction of sp³-hybridized carbons (Fsp3) is 0.500. The van der Waals surface area contributed by atoms with E-state index in [-0.39, 0.29) is 10.6 Å². The number of nitrogens with zero attached hydrogens (tertiary/aromatic N) is 2. The van der Waals surface area contributed by atoms with Gasteiger partial charge in [0.1, 0.15) is 5.75 Å². The van der Waals surface area contributed by atoms with Gasteiger partial charge in [-0.25, -0.2) is 0 Å². The number of nitro benzene ring substituents is 1. The van der Waals surface area contributed by atoms with Crippen LogP contribution in [-0.4, -0.2) is 37.6 Å². The maximum absolute atomic E-state index is 10.9.